The lowest BCUT2D eigenvalue weighted by Gasteiger charge is -2.26. The second-order valence-corrected chi connectivity index (χ2v) is 6.43. The molecule has 3 amide bonds. The zero-order chi connectivity index (χ0) is 18.5. The number of rotatable bonds is 5. The molecule has 0 radical (unpaired) electrons. The largest absolute Gasteiger partial charge is 0.379 e. The molecule has 1 aromatic carbocycles. The molecule has 0 spiro atoms. The average molecular weight is 360 g/mol. The van der Waals surface area contributed by atoms with E-state index in [9.17, 15) is 14.4 Å². The lowest BCUT2D eigenvalue weighted by molar-refractivity contribution is -0.140. The number of likely N-dealkylation sites (N-methyl/N-ethyl adjacent to an activating group) is 1. The number of nitrogens with one attached hydrogen (secondary N) is 2. The minimum atomic E-state index is -0.817. The first kappa shape index (κ1) is 18.3. The molecule has 8 nitrogen and oxygen atoms in total. The fraction of sp³-hybridized carbons (Fsp3) is 0.500. The van der Waals surface area contributed by atoms with Gasteiger partial charge in [0.1, 0.15) is 6.04 Å². The number of fused-ring (bicyclic) bond motifs is 1. The molecule has 140 valence electrons. The summed E-state index contributed by atoms with van der Waals surface area (Å²) in [6.07, 6.45) is 0.757. The number of ether oxygens (including phenoxy) is 1. The van der Waals surface area contributed by atoms with Gasteiger partial charge in [0.05, 0.1) is 13.2 Å². The van der Waals surface area contributed by atoms with E-state index in [1.54, 1.807) is 19.2 Å². The zero-order valence-electron chi connectivity index (χ0n) is 14.9. The average Bonchev–Trinajstić information content (AvgIpc) is 2.91. The van der Waals surface area contributed by atoms with Gasteiger partial charge in [-0.1, -0.05) is 18.2 Å². The smallest absolute Gasteiger partial charge is 0.310 e. The second kappa shape index (κ2) is 8.29. The highest BCUT2D eigenvalue weighted by Gasteiger charge is 2.36. The van der Waals surface area contributed by atoms with Crippen molar-refractivity contribution >= 4 is 23.4 Å². The lowest BCUT2D eigenvalue weighted by atomic mass is 10.1. The topological polar surface area (TPSA) is 91.0 Å². The Morgan fingerprint density at radius 3 is 2.69 bits per heavy atom. The summed E-state index contributed by atoms with van der Waals surface area (Å²) in [6.45, 7) is 4.53. The van der Waals surface area contributed by atoms with E-state index in [0.29, 0.717) is 12.1 Å². The summed E-state index contributed by atoms with van der Waals surface area (Å²) in [4.78, 5) is 40.2. The van der Waals surface area contributed by atoms with Crippen molar-refractivity contribution in [2.45, 2.75) is 12.5 Å². The van der Waals surface area contributed by atoms with Crippen molar-refractivity contribution in [2.24, 2.45) is 0 Å². The second-order valence-electron chi connectivity index (χ2n) is 6.43. The maximum absolute atomic E-state index is 12.3. The summed E-state index contributed by atoms with van der Waals surface area (Å²) in [5.74, 6) is -1.76. The van der Waals surface area contributed by atoms with Crippen molar-refractivity contribution in [3.8, 4) is 0 Å². The Bertz CT molecular complexity index is 688. The first-order chi connectivity index (χ1) is 12.6. The summed E-state index contributed by atoms with van der Waals surface area (Å²) in [6, 6.07) is 6.40. The fourth-order valence-corrected chi connectivity index (χ4v) is 3.23. The molecule has 0 aliphatic carbocycles. The van der Waals surface area contributed by atoms with Crippen LogP contribution in [0.4, 0.5) is 5.69 Å². The number of morpholine rings is 1. The van der Waals surface area contributed by atoms with E-state index in [4.69, 9.17) is 4.74 Å². The van der Waals surface area contributed by atoms with Gasteiger partial charge in [-0.25, -0.2) is 0 Å². The number of carbonyl (C=O) groups excluding carboxylic acids is 3. The molecule has 1 unspecified atom stereocenters. The number of hydrogen-bond acceptors (Lipinski definition) is 5. The van der Waals surface area contributed by atoms with E-state index < -0.39 is 17.9 Å². The molecule has 2 aliphatic heterocycles. The van der Waals surface area contributed by atoms with E-state index in [0.717, 1.165) is 45.0 Å². The molecule has 8 heteroatoms. The first-order valence-corrected chi connectivity index (χ1v) is 8.83. The van der Waals surface area contributed by atoms with Crippen molar-refractivity contribution in [1.82, 2.24) is 15.5 Å². The van der Waals surface area contributed by atoms with Gasteiger partial charge in [0.25, 0.3) is 5.91 Å². The monoisotopic (exact) mass is 360 g/mol. The Labute approximate surface area is 152 Å². The van der Waals surface area contributed by atoms with E-state index in [2.05, 4.69) is 15.5 Å². The fourth-order valence-electron chi connectivity index (χ4n) is 3.23. The van der Waals surface area contributed by atoms with E-state index in [-0.39, 0.29) is 5.91 Å². The van der Waals surface area contributed by atoms with Gasteiger partial charge in [-0.15, -0.1) is 0 Å². The van der Waals surface area contributed by atoms with E-state index in [1.807, 2.05) is 12.1 Å². The van der Waals surface area contributed by atoms with Gasteiger partial charge in [0.15, 0.2) is 0 Å². The van der Waals surface area contributed by atoms with Gasteiger partial charge >= 0.3 is 11.8 Å². The molecule has 1 fully saturated rings. The van der Waals surface area contributed by atoms with Gasteiger partial charge in [-0.2, -0.15) is 0 Å². The van der Waals surface area contributed by atoms with Crippen molar-refractivity contribution in [3.63, 3.8) is 0 Å². The highest BCUT2D eigenvalue weighted by Crippen LogP contribution is 2.34. The quantitative estimate of drug-likeness (QED) is 0.554. The molecule has 2 heterocycles. The molecule has 1 atom stereocenters. The molecule has 26 heavy (non-hydrogen) atoms. The highest BCUT2D eigenvalue weighted by atomic mass is 16.5. The Morgan fingerprint density at radius 2 is 1.92 bits per heavy atom. The molecule has 1 aromatic rings. The molecular formula is C18H24N4O4. The Hall–Kier alpha value is -2.45. The summed E-state index contributed by atoms with van der Waals surface area (Å²) >= 11 is 0. The van der Waals surface area contributed by atoms with Crippen LogP contribution in [-0.4, -0.2) is 69.1 Å². The highest BCUT2D eigenvalue weighted by molar-refractivity contribution is 6.35. The minimum absolute atomic E-state index is 0.250. The van der Waals surface area contributed by atoms with Crippen molar-refractivity contribution in [2.75, 3.05) is 51.3 Å². The molecule has 2 N–H and O–H groups in total. The van der Waals surface area contributed by atoms with Crippen LogP contribution in [-0.2, 0) is 19.1 Å². The molecule has 0 bridgehead atoms. The van der Waals surface area contributed by atoms with Crippen molar-refractivity contribution < 1.29 is 19.1 Å². The van der Waals surface area contributed by atoms with Crippen LogP contribution < -0.4 is 15.5 Å². The third-order valence-corrected chi connectivity index (χ3v) is 4.71. The number of amides is 3. The molecule has 0 saturated carbocycles. The number of benzene rings is 1. The van der Waals surface area contributed by atoms with Crippen LogP contribution in [0.2, 0.25) is 0 Å². The molecule has 0 aromatic heterocycles. The van der Waals surface area contributed by atoms with Crippen molar-refractivity contribution in [1.29, 1.82) is 0 Å². The van der Waals surface area contributed by atoms with Crippen LogP contribution in [0, 0.1) is 0 Å². The zero-order valence-corrected chi connectivity index (χ0v) is 14.9. The maximum atomic E-state index is 12.3. The van der Waals surface area contributed by atoms with Crippen LogP contribution in [0.5, 0.6) is 0 Å². The number of para-hydroxylation sites is 1. The van der Waals surface area contributed by atoms with Crippen molar-refractivity contribution in [3.05, 3.63) is 29.8 Å². The van der Waals surface area contributed by atoms with Gasteiger partial charge in [0, 0.05) is 37.9 Å². The number of nitrogens with zero attached hydrogens (tertiary/aromatic N) is 2. The SMILES string of the molecule is CN1C(=O)C(NC(=O)C(=O)NCCCN2CCOCC2)c2ccccc21. The van der Waals surface area contributed by atoms with Crippen LogP contribution >= 0.6 is 0 Å². The van der Waals surface area contributed by atoms with Crippen LogP contribution in [0.15, 0.2) is 24.3 Å². The predicted octanol–water partition coefficient (Wildman–Crippen LogP) is -0.341. The molecule has 1 saturated heterocycles. The van der Waals surface area contributed by atoms with Crippen LogP contribution in [0.1, 0.15) is 18.0 Å². The number of hydrogen-bond donors (Lipinski definition) is 2. The number of anilines is 1. The van der Waals surface area contributed by atoms with Gasteiger partial charge in [-0.3, -0.25) is 19.3 Å². The molecule has 3 rings (SSSR count). The maximum Gasteiger partial charge on any atom is 0.310 e. The van der Waals surface area contributed by atoms with Crippen LogP contribution in [0.3, 0.4) is 0 Å². The van der Waals surface area contributed by atoms with Gasteiger partial charge in [0.2, 0.25) is 0 Å². The standard InChI is InChI=1S/C18H24N4O4/c1-21-14-6-3-2-5-13(14)15(18(21)25)20-17(24)16(23)19-7-4-8-22-9-11-26-12-10-22/h2-3,5-6,15H,4,7-12H2,1H3,(H,19,23)(H,20,24). The molecule has 2 aliphatic rings. The first-order valence-electron chi connectivity index (χ1n) is 8.83. The Balaban J connectivity index is 1.45. The summed E-state index contributed by atoms with van der Waals surface area (Å²) < 4.78 is 5.28. The summed E-state index contributed by atoms with van der Waals surface area (Å²) in [7, 11) is 1.65. The third-order valence-electron chi connectivity index (χ3n) is 4.71. The minimum Gasteiger partial charge on any atom is -0.379 e. The van der Waals surface area contributed by atoms with E-state index in [1.165, 1.54) is 4.90 Å². The van der Waals surface area contributed by atoms with E-state index >= 15 is 0 Å². The predicted molar refractivity (Wildman–Crippen MR) is 95.6 cm³/mol. The Kier molecular flexibility index (Phi) is 5.85. The normalized spacial score (nSPS) is 20.0. The number of carbonyl (C=O) groups is 3. The van der Waals surface area contributed by atoms with Gasteiger partial charge < -0.3 is 20.3 Å². The van der Waals surface area contributed by atoms with Crippen LogP contribution in [0.25, 0.3) is 0 Å². The lowest BCUT2D eigenvalue weighted by Crippen LogP contribution is -2.44. The molecular weight excluding hydrogens is 336 g/mol. The summed E-state index contributed by atoms with van der Waals surface area (Å²) in [5, 5.41) is 5.15. The van der Waals surface area contributed by atoms with Gasteiger partial charge in [-0.05, 0) is 19.0 Å². The summed E-state index contributed by atoms with van der Waals surface area (Å²) in [5.41, 5.74) is 1.45. The Morgan fingerprint density at radius 1 is 1.19 bits per heavy atom. The third kappa shape index (κ3) is 4.03.